The van der Waals surface area contributed by atoms with Crippen molar-refractivity contribution in [3.63, 3.8) is 0 Å². The molecular formula is C11H5Cl2F3N2S. The van der Waals surface area contributed by atoms with Gasteiger partial charge in [-0.15, -0.1) is 12.6 Å². The molecule has 0 spiro atoms. The average molecular weight is 325 g/mol. The Balaban J connectivity index is 2.66. The lowest BCUT2D eigenvalue weighted by atomic mass is 10.1. The predicted molar refractivity (Wildman–Crippen MR) is 69.7 cm³/mol. The van der Waals surface area contributed by atoms with Gasteiger partial charge < -0.3 is 0 Å². The summed E-state index contributed by atoms with van der Waals surface area (Å²) in [5, 5.41) is -0.296. The van der Waals surface area contributed by atoms with E-state index < -0.39 is 23.0 Å². The summed E-state index contributed by atoms with van der Waals surface area (Å²) in [5.41, 5.74) is -0.845. The van der Waals surface area contributed by atoms with Crippen molar-refractivity contribution in [3.8, 4) is 11.3 Å². The highest BCUT2D eigenvalue weighted by molar-refractivity contribution is 7.80. The van der Waals surface area contributed by atoms with Gasteiger partial charge in [0.25, 0.3) is 6.43 Å². The highest BCUT2D eigenvalue weighted by Crippen LogP contribution is 2.36. The molecule has 0 bridgehead atoms. The van der Waals surface area contributed by atoms with Gasteiger partial charge in [-0.05, 0) is 12.1 Å². The SMILES string of the molecule is Fc1cc(Cl)c(S)cc1-c1ncnc(C(F)F)c1Cl. The van der Waals surface area contributed by atoms with Gasteiger partial charge in [-0.1, -0.05) is 23.2 Å². The van der Waals surface area contributed by atoms with Crippen LogP contribution in [0, 0.1) is 5.82 Å². The molecule has 0 saturated carbocycles. The van der Waals surface area contributed by atoms with Crippen LogP contribution in [-0.2, 0) is 0 Å². The van der Waals surface area contributed by atoms with Crippen molar-refractivity contribution < 1.29 is 13.2 Å². The van der Waals surface area contributed by atoms with Crippen LogP contribution in [0.1, 0.15) is 12.1 Å². The first-order valence-electron chi connectivity index (χ1n) is 4.88. The summed E-state index contributed by atoms with van der Waals surface area (Å²) in [6.07, 6.45) is -1.98. The van der Waals surface area contributed by atoms with E-state index in [1.54, 1.807) is 0 Å². The maximum atomic E-state index is 13.8. The van der Waals surface area contributed by atoms with Crippen molar-refractivity contribution in [3.05, 3.63) is 40.0 Å². The molecule has 0 radical (unpaired) electrons. The zero-order valence-electron chi connectivity index (χ0n) is 9.04. The van der Waals surface area contributed by atoms with E-state index in [0.29, 0.717) is 0 Å². The molecule has 2 nitrogen and oxygen atoms in total. The Morgan fingerprint density at radius 3 is 2.47 bits per heavy atom. The predicted octanol–water partition coefficient (Wildman–Crippen LogP) is 4.82. The van der Waals surface area contributed by atoms with Crippen molar-refractivity contribution in [2.45, 2.75) is 11.3 Å². The summed E-state index contributed by atoms with van der Waals surface area (Å²) < 4.78 is 39.1. The first-order valence-corrected chi connectivity index (χ1v) is 6.09. The molecule has 0 fully saturated rings. The summed E-state index contributed by atoms with van der Waals surface area (Å²) in [6, 6.07) is 2.28. The average Bonchev–Trinajstić information content (AvgIpc) is 2.34. The molecule has 1 aromatic heterocycles. The molecule has 8 heteroatoms. The Hall–Kier alpha value is -0.980. The van der Waals surface area contributed by atoms with Crippen LogP contribution in [0.3, 0.4) is 0 Å². The van der Waals surface area contributed by atoms with Gasteiger partial charge in [0.1, 0.15) is 17.8 Å². The van der Waals surface area contributed by atoms with Crippen molar-refractivity contribution in [1.82, 2.24) is 9.97 Å². The quantitative estimate of drug-likeness (QED) is 0.802. The first kappa shape index (κ1) is 14.4. The zero-order chi connectivity index (χ0) is 14.2. The standard InChI is InChI=1S/C11H5Cl2F3N2S/c12-5-2-6(14)4(1-7(5)19)9-8(13)10(11(15)16)18-3-17-9/h1-3,11,19H. The number of rotatable bonds is 2. The molecule has 1 aromatic carbocycles. The van der Waals surface area contributed by atoms with Crippen molar-refractivity contribution in [2.75, 3.05) is 0 Å². The van der Waals surface area contributed by atoms with E-state index in [-0.39, 0.29) is 21.2 Å². The van der Waals surface area contributed by atoms with E-state index in [0.717, 1.165) is 12.4 Å². The fourth-order valence-corrected chi connectivity index (χ4v) is 2.07. The zero-order valence-corrected chi connectivity index (χ0v) is 11.4. The minimum Gasteiger partial charge on any atom is -0.235 e. The molecule has 0 N–H and O–H groups in total. The summed E-state index contributed by atoms with van der Waals surface area (Å²) >= 11 is 15.5. The summed E-state index contributed by atoms with van der Waals surface area (Å²) in [5.74, 6) is -0.733. The van der Waals surface area contributed by atoms with Gasteiger partial charge in [0.2, 0.25) is 0 Å². The van der Waals surface area contributed by atoms with Crippen molar-refractivity contribution >= 4 is 35.8 Å². The lowest BCUT2D eigenvalue weighted by Gasteiger charge is -2.09. The van der Waals surface area contributed by atoms with Gasteiger partial charge in [0, 0.05) is 10.5 Å². The van der Waals surface area contributed by atoms with Crippen LogP contribution in [-0.4, -0.2) is 9.97 Å². The van der Waals surface area contributed by atoms with E-state index in [4.69, 9.17) is 23.2 Å². The summed E-state index contributed by atoms with van der Waals surface area (Å²) in [4.78, 5) is 7.39. The molecule has 2 aromatic rings. The molecule has 0 saturated heterocycles. The molecule has 0 aliphatic heterocycles. The number of hydrogen-bond donors (Lipinski definition) is 1. The fourth-order valence-electron chi connectivity index (χ4n) is 1.44. The first-order chi connectivity index (χ1) is 8.91. The number of nitrogens with zero attached hydrogens (tertiary/aromatic N) is 2. The molecule has 0 amide bonds. The molecule has 1 heterocycles. The Morgan fingerprint density at radius 2 is 1.84 bits per heavy atom. The topological polar surface area (TPSA) is 25.8 Å². The lowest BCUT2D eigenvalue weighted by Crippen LogP contribution is -1.98. The minimum absolute atomic E-state index is 0.0660. The molecule has 0 aliphatic carbocycles. The number of alkyl halides is 2. The van der Waals surface area contributed by atoms with Gasteiger partial charge in [-0.3, -0.25) is 0 Å². The summed E-state index contributed by atoms with van der Waals surface area (Å²) in [7, 11) is 0. The van der Waals surface area contributed by atoms with E-state index in [2.05, 4.69) is 22.6 Å². The number of thiol groups is 1. The highest BCUT2D eigenvalue weighted by atomic mass is 35.5. The largest absolute Gasteiger partial charge is 0.281 e. The Bertz CT molecular complexity index is 638. The molecule has 0 atom stereocenters. The lowest BCUT2D eigenvalue weighted by molar-refractivity contribution is 0.146. The monoisotopic (exact) mass is 324 g/mol. The van der Waals surface area contributed by atoms with E-state index in [9.17, 15) is 13.2 Å². The van der Waals surface area contributed by atoms with Crippen LogP contribution in [0.4, 0.5) is 13.2 Å². The number of benzene rings is 1. The number of halogens is 5. The third-order valence-electron chi connectivity index (χ3n) is 2.31. The second-order valence-electron chi connectivity index (χ2n) is 3.51. The van der Waals surface area contributed by atoms with Crippen molar-refractivity contribution in [1.29, 1.82) is 0 Å². The smallest absolute Gasteiger partial charge is 0.235 e. The third kappa shape index (κ3) is 2.80. The Morgan fingerprint density at radius 1 is 1.16 bits per heavy atom. The highest BCUT2D eigenvalue weighted by Gasteiger charge is 2.20. The maximum absolute atomic E-state index is 13.8. The Kier molecular flexibility index (Phi) is 4.23. The van der Waals surface area contributed by atoms with Crippen LogP contribution in [0.5, 0.6) is 0 Å². The number of aromatic nitrogens is 2. The fraction of sp³-hybridized carbons (Fsp3) is 0.0909. The molecule has 19 heavy (non-hydrogen) atoms. The van der Waals surface area contributed by atoms with Gasteiger partial charge >= 0.3 is 0 Å². The van der Waals surface area contributed by atoms with E-state index >= 15 is 0 Å². The van der Waals surface area contributed by atoms with Gasteiger partial charge in [-0.2, -0.15) is 0 Å². The molecule has 0 unspecified atom stereocenters. The van der Waals surface area contributed by atoms with Crippen LogP contribution in [0.15, 0.2) is 23.4 Å². The second kappa shape index (κ2) is 5.56. The van der Waals surface area contributed by atoms with Gasteiger partial charge in [0.05, 0.1) is 15.7 Å². The van der Waals surface area contributed by atoms with Gasteiger partial charge in [-0.25, -0.2) is 23.1 Å². The van der Waals surface area contributed by atoms with Crippen molar-refractivity contribution in [2.24, 2.45) is 0 Å². The Labute approximate surface area is 122 Å². The third-order valence-corrected chi connectivity index (χ3v) is 3.50. The van der Waals surface area contributed by atoms with Crippen LogP contribution < -0.4 is 0 Å². The van der Waals surface area contributed by atoms with Crippen LogP contribution >= 0.6 is 35.8 Å². The van der Waals surface area contributed by atoms with Gasteiger partial charge in [0.15, 0.2) is 0 Å². The second-order valence-corrected chi connectivity index (χ2v) is 4.77. The maximum Gasteiger partial charge on any atom is 0.281 e. The van der Waals surface area contributed by atoms with E-state index in [1.807, 2.05) is 0 Å². The molecular weight excluding hydrogens is 320 g/mol. The molecule has 2 rings (SSSR count). The molecule has 100 valence electrons. The minimum atomic E-state index is -2.87. The molecule has 0 aliphatic rings. The van der Waals surface area contributed by atoms with E-state index in [1.165, 1.54) is 6.07 Å². The normalized spacial score (nSPS) is 11.1. The summed E-state index contributed by atoms with van der Waals surface area (Å²) in [6.45, 7) is 0. The van der Waals surface area contributed by atoms with Crippen LogP contribution in [0.2, 0.25) is 10.0 Å². The van der Waals surface area contributed by atoms with Crippen LogP contribution in [0.25, 0.3) is 11.3 Å². The number of hydrogen-bond acceptors (Lipinski definition) is 3.